The van der Waals surface area contributed by atoms with Crippen LogP contribution >= 0.6 is 0 Å². The zero-order valence-corrected chi connectivity index (χ0v) is 13.3. The molecule has 1 aromatic rings. The molecule has 0 aromatic carbocycles. The van der Waals surface area contributed by atoms with Crippen LogP contribution < -0.4 is 5.32 Å². The highest BCUT2D eigenvalue weighted by Crippen LogP contribution is 2.26. The first-order valence-electron chi connectivity index (χ1n) is 7.29. The van der Waals surface area contributed by atoms with Crippen molar-refractivity contribution in [1.82, 2.24) is 15.1 Å². The Morgan fingerprint density at radius 1 is 1.38 bits per heavy atom. The SMILES string of the molecule is CCn1nc(C)cc1C(=O)NCCC(C)(C)CCC(=O)O. The number of aryl methyl sites for hydroxylation is 2. The van der Waals surface area contributed by atoms with Gasteiger partial charge in [0, 0.05) is 19.5 Å². The van der Waals surface area contributed by atoms with Gasteiger partial charge in [-0.2, -0.15) is 5.10 Å². The third kappa shape index (κ3) is 5.57. The summed E-state index contributed by atoms with van der Waals surface area (Å²) in [5.74, 6) is -0.916. The third-order valence-electron chi connectivity index (χ3n) is 3.54. The van der Waals surface area contributed by atoms with Crippen LogP contribution in [0.15, 0.2) is 6.07 Å². The molecule has 6 nitrogen and oxygen atoms in total. The molecule has 0 aliphatic heterocycles. The van der Waals surface area contributed by atoms with Crippen LogP contribution in [0.4, 0.5) is 0 Å². The van der Waals surface area contributed by atoms with Gasteiger partial charge in [0.2, 0.25) is 0 Å². The molecule has 0 aliphatic rings. The van der Waals surface area contributed by atoms with E-state index in [0.717, 1.165) is 12.1 Å². The Morgan fingerprint density at radius 2 is 2.05 bits per heavy atom. The second kappa shape index (κ2) is 7.24. The maximum atomic E-state index is 12.1. The number of carbonyl (C=O) groups excluding carboxylic acids is 1. The summed E-state index contributed by atoms with van der Waals surface area (Å²) < 4.78 is 1.68. The van der Waals surface area contributed by atoms with E-state index in [1.54, 1.807) is 10.7 Å². The standard InChI is InChI=1S/C15H25N3O3/c1-5-18-12(10-11(2)17-18)14(21)16-9-8-15(3,4)7-6-13(19)20/h10H,5-9H2,1-4H3,(H,16,21)(H,19,20). The summed E-state index contributed by atoms with van der Waals surface area (Å²) in [6.45, 7) is 9.02. The van der Waals surface area contributed by atoms with Gasteiger partial charge in [-0.25, -0.2) is 0 Å². The molecule has 0 spiro atoms. The number of hydrogen-bond donors (Lipinski definition) is 2. The minimum absolute atomic E-state index is 0.105. The van der Waals surface area contributed by atoms with E-state index in [1.807, 2.05) is 27.7 Å². The van der Waals surface area contributed by atoms with Gasteiger partial charge in [-0.05, 0) is 38.2 Å². The maximum absolute atomic E-state index is 12.1. The second-order valence-electron chi connectivity index (χ2n) is 6.05. The van der Waals surface area contributed by atoms with Crippen molar-refractivity contribution in [2.45, 2.75) is 53.5 Å². The molecule has 1 amide bonds. The number of carboxylic acids is 1. The van der Waals surface area contributed by atoms with E-state index >= 15 is 0 Å². The molecule has 0 aliphatic carbocycles. The van der Waals surface area contributed by atoms with Crippen molar-refractivity contribution in [1.29, 1.82) is 0 Å². The first-order valence-corrected chi connectivity index (χ1v) is 7.29. The van der Waals surface area contributed by atoms with E-state index in [-0.39, 0.29) is 17.7 Å². The van der Waals surface area contributed by atoms with Crippen molar-refractivity contribution in [3.8, 4) is 0 Å². The van der Waals surface area contributed by atoms with Crippen LogP contribution in [0.2, 0.25) is 0 Å². The summed E-state index contributed by atoms with van der Waals surface area (Å²) in [5.41, 5.74) is 1.29. The lowest BCUT2D eigenvalue weighted by atomic mass is 9.84. The molecular formula is C15H25N3O3. The van der Waals surface area contributed by atoms with E-state index in [1.165, 1.54) is 0 Å². The molecule has 0 atom stereocenters. The lowest BCUT2D eigenvalue weighted by Crippen LogP contribution is -2.30. The van der Waals surface area contributed by atoms with Crippen LogP contribution in [0.1, 0.15) is 56.2 Å². The van der Waals surface area contributed by atoms with Gasteiger partial charge in [-0.3, -0.25) is 14.3 Å². The molecule has 0 fully saturated rings. The van der Waals surface area contributed by atoms with Crippen LogP contribution in [0.25, 0.3) is 0 Å². The fourth-order valence-corrected chi connectivity index (χ4v) is 2.14. The van der Waals surface area contributed by atoms with Gasteiger partial charge in [0.15, 0.2) is 0 Å². The maximum Gasteiger partial charge on any atom is 0.303 e. The minimum Gasteiger partial charge on any atom is -0.481 e. The summed E-state index contributed by atoms with van der Waals surface area (Å²) in [4.78, 5) is 22.7. The number of hydrogen-bond acceptors (Lipinski definition) is 3. The molecule has 0 radical (unpaired) electrons. The number of aliphatic carboxylic acids is 1. The van der Waals surface area contributed by atoms with Gasteiger partial charge in [-0.15, -0.1) is 0 Å². The molecule has 0 unspecified atom stereocenters. The van der Waals surface area contributed by atoms with E-state index < -0.39 is 5.97 Å². The van der Waals surface area contributed by atoms with Gasteiger partial charge < -0.3 is 10.4 Å². The van der Waals surface area contributed by atoms with Gasteiger partial charge in [-0.1, -0.05) is 13.8 Å². The molecule has 0 bridgehead atoms. The Morgan fingerprint density at radius 3 is 2.62 bits per heavy atom. The van der Waals surface area contributed by atoms with Crippen molar-refractivity contribution < 1.29 is 14.7 Å². The summed E-state index contributed by atoms with van der Waals surface area (Å²) in [5, 5.41) is 15.8. The smallest absolute Gasteiger partial charge is 0.303 e. The minimum atomic E-state index is -0.783. The number of carbonyl (C=O) groups is 2. The van der Waals surface area contributed by atoms with Gasteiger partial charge in [0.25, 0.3) is 5.91 Å². The summed E-state index contributed by atoms with van der Waals surface area (Å²) in [6, 6.07) is 1.77. The predicted molar refractivity (Wildman–Crippen MR) is 80.2 cm³/mol. The van der Waals surface area contributed by atoms with E-state index in [0.29, 0.717) is 25.2 Å². The Hall–Kier alpha value is -1.85. The highest BCUT2D eigenvalue weighted by atomic mass is 16.4. The Bertz CT molecular complexity index is 506. The van der Waals surface area contributed by atoms with Gasteiger partial charge >= 0.3 is 5.97 Å². The fraction of sp³-hybridized carbons (Fsp3) is 0.667. The number of aromatic nitrogens is 2. The normalized spacial score (nSPS) is 11.4. The van der Waals surface area contributed by atoms with E-state index in [2.05, 4.69) is 10.4 Å². The van der Waals surface area contributed by atoms with Gasteiger partial charge in [0.05, 0.1) is 5.69 Å². The van der Waals surface area contributed by atoms with Crippen LogP contribution in [0.5, 0.6) is 0 Å². The zero-order valence-electron chi connectivity index (χ0n) is 13.3. The number of amides is 1. The van der Waals surface area contributed by atoms with E-state index in [9.17, 15) is 9.59 Å². The Labute approximate surface area is 125 Å². The summed E-state index contributed by atoms with van der Waals surface area (Å²) >= 11 is 0. The highest BCUT2D eigenvalue weighted by molar-refractivity contribution is 5.92. The molecular weight excluding hydrogens is 270 g/mol. The van der Waals surface area contributed by atoms with Crippen LogP contribution in [0.3, 0.4) is 0 Å². The van der Waals surface area contributed by atoms with E-state index in [4.69, 9.17) is 5.11 Å². The molecule has 1 heterocycles. The highest BCUT2D eigenvalue weighted by Gasteiger charge is 2.20. The molecule has 2 N–H and O–H groups in total. The van der Waals surface area contributed by atoms with Crippen molar-refractivity contribution in [2.75, 3.05) is 6.54 Å². The van der Waals surface area contributed by atoms with Crippen molar-refractivity contribution >= 4 is 11.9 Å². The molecule has 21 heavy (non-hydrogen) atoms. The first kappa shape index (κ1) is 17.2. The Balaban J connectivity index is 2.47. The monoisotopic (exact) mass is 295 g/mol. The number of nitrogens with zero attached hydrogens (tertiary/aromatic N) is 2. The molecule has 6 heteroatoms. The number of rotatable bonds is 8. The van der Waals surface area contributed by atoms with Crippen molar-refractivity contribution in [3.63, 3.8) is 0 Å². The van der Waals surface area contributed by atoms with Crippen LogP contribution in [-0.2, 0) is 11.3 Å². The molecule has 0 saturated carbocycles. The average Bonchev–Trinajstić information content (AvgIpc) is 2.77. The number of carboxylic acid groups (broad SMARTS) is 1. The molecule has 1 rings (SSSR count). The molecule has 0 saturated heterocycles. The topological polar surface area (TPSA) is 84.2 Å². The van der Waals surface area contributed by atoms with Crippen LogP contribution in [-0.4, -0.2) is 33.3 Å². The molecule has 118 valence electrons. The van der Waals surface area contributed by atoms with Gasteiger partial charge in [0.1, 0.15) is 5.69 Å². The largest absolute Gasteiger partial charge is 0.481 e. The summed E-state index contributed by atoms with van der Waals surface area (Å²) in [6.07, 6.45) is 1.50. The lowest BCUT2D eigenvalue weighted by Gasteiger charge is -2.23. The van der Waals surface area contributed by atoms with Crippen molar-refractivity contribution in [2.24, 2.45) is 5.41 Å². The van der Waals surface area contributed by atoms with Crippen molar-refractivity contribution in [3.05, 3.63) is 17.5 Å². The predicted octanol–water partition coefficient (Wildman–Crippen LogP) is 2.22. The second-order valence-corrected chi connectivity index (χ2v) is 6.05. The number of nitrogens with one attached hydrogen (secondary N) is 1. The average molecular weight is 295 g/mol. The Kier molecular flexibility index (Phi) is 5.93. The zero-order chi connectivity index (χ0) is 16.0. The quantitative estimate of drug-likeness (QED) is 0.770. The first-order chi connectivity index (χ1) is 9.75. The lowest BCUT2D eigenvalue weighted by molar-refractivity contribution is -0.137. The third-order valence-corrected chi connectivity index (χ3v) is 3.54. The van der Waals surface area contributed by atoms with Crippen LogP contribution in [0, 0.1) is 12.3 Å². The molecule has 1 aromatic heterocycles. The fourth-order valence-electron chi connectivity index (χ4n) is 2.14. The summed E-state index contributed by atoms with van der Waals surface area (Å²) in [7, 11) is 0.